The average molecular weight is 290 g/mol. The summed E-state index contributed by atoms with van der Waals surface area (Å²) in [6, 6.07) is 5.07. The molecule has 0 aliphatic carbocycles. The van der Waals surface area contributed by atoms with E-state index in [-0.39, 0.29) is 17.9 Å². The summed E-state index contributed by atoms with van der Waals surface area (Å²) in [6.07, 6.45) is 0. The summed E-state index contributed by atoms with van der Waals surface area (Å²) in [7, 11) is 1.38. The van der Waals surface area contributed by atoms with Crippen LogP contribution in [0.3, 0.4) is 0 Å². The van der Waals surface area contributed by atoms with E-state index in [0.29, 0.717) is 16.6 Å². The molecule has 0 radical (unpaired) electrons. The Hall–Kier alpha value is -0.770. The first-order valence-electron chi connectivity index (χ1n) is 5.71. The summed E-state index contributed by atoms with van der Waals surface area (Å²) in [5.41, 5.74) is 0.860. The van der Waals surface area contributed by atoms with Crippen LogP contribution in [-0.4, -0.2) is 19.1 Å². The molecule has 0 aromatic heterocycles. The molecule has 3 nitrogen and oxygen atoms in total. The summed E-state index contributed by atoms with van der Waals surface area (Å²) in [5, 5.41) is 4.16. The number of carbonyl (C=O) groups excluding carboxylic acids is 1. The van der Waals surface area contributed by atoms with Gasteiger partial charge in [0.2, 0.25) is 0 Å². The fourth-order valence-corrected chi connectivity index (χ4v) is 2.01. The number of hydrogen-bond donors (Lipinski definition) is 1. The molecule has 18 heavy (non-hydrogen) atoms. The molecule has 0 saturated heterocycles. The van der Waals surface area contributed by atoms with Gasteiger partial charge < -0.3 is 10.1 Å². The van der Waals surface area contributed by atoms with E-state index < -0.39 is 0 Å². The van der Waals surface area contributed by atoms with Crippen LogP contribution >= 0.6 is 23.2 Å². The molecule has 1 atom stereocenters. The van der Waals surface area contributed by atoms with Gasteiger partial charge in [-0.15, -0.1) is 0 Å². The molecule has 0 amide bonds. The molecule has 0 unspecified atom stereocenters. The number of rotatable bonds is 5. The number of esters is 1. The summed E-state index contributed by atoms with van der Waals surface area (Å²) < 4.78 is 4.76. The molecule has 0 aliphatic heterocycles. The summed E-state index contributed by atoms with van der Waals surface area (Å²) in [5.74, 6) is -0.140. The predicted molar refractivity (Wildman–Crippen MR) is 73.9 cm³/mol. The summed E-state index contributed by atoms with van der Waals surface area (Å²) in [4.78, 5) is 11.6. The molecule has 0 fully saturated rings. The van der Waals surface area contributed by atoms with Crippen LogP contribution in [0.25, 0.3) is 0 Å². The normalized spacial score (nSPS) is 12.6. The number of ether oxygens (including phenoxy) is 1. The van der Waals surface area contributed by atoms with Crippen molar-refractivity contribution in [3.63, 3.8) is 0 Å². The maximum atomic E-state index is 11.6. The fraction of sp³-hybridized carbons (Fsp3) is 0.462. The first kappa shape index (κ1) is 15.3. The van der Waals surface area contributed by atoms with Crippen LogP contribution in [0.2, 0.25) is 10.0 Å². The van der Waals surface area contributed by atoms with Crippen molar-refractivity contribution in [2.24, 2.45) is 5.92 Å². The number of carbonyl (C=O) groups is 1. The highest BCUT2D eigenvalue weighted by atomic mass is 35.5. The third-order valence-corrected chi connectivity index (χ3v) is 3.52. The van der Waals surface area contributed by atoms with Gasteiger partial charge in [-0.05, 0) is 17.5 Å². The lowest BCUT2D eigenvalue weighted by molar-refractivity contribution is -0.144. The van der Waals surface area contributed by atoms with E-state index in [1.54, 1.807) is 6.07 Å². The smallest absolute Gasteiger partial charge is 0.323 e. The first-order chi connectivity index (χ1) is 8.47. The Morgan fingerprint density at radius 1 is 1.39 bits per heavy atom. The maximum Gasteiger partial charge on any atom is 0.323 e. The van der Waals surface area contributed by atoms with Crippen molar-refractivity contribution in [2.75, 3.05) is 7.11 Å². The lowest BCUT2D eigenvalue weighted by Crippen LogP contribution is -2.41. The van der Waals surface area contributed by atoms with Gasteiger partial charge in [-0.3, -0.25) is 4.79 Å². The number of methoxy groups -OCH3 is 1. The van der Waals surface area contributed by atoms with Gasteiger partial charge in [0.05, 0.1) is 17.2 Å². The Morgan fingerprint density at radius 3 is 2.61 bits per heavy atom. The molecular formula is C13H17Cl2NO2. The molecule has 0 saturated carbocycles. The zero-order chi connectivity index (χ0) is 13.7. The summed E-state index contributed by atoms with van der Waals surface area (Å²) in [6.45, 7) is 4.37. The topological polar surface area (TPSA) is 38.3 Å². The number of hydrogen-bond acceptors (Lipinski definition) is 3. The molecule has 1 aromatic carbocycles. The maximum absolute atomic E-state index is 11.6. The Balaban J connectivity index is 2.73. The van der Waals surface area contributed by atoms with E-state index in [4.69, 9.17) is 27.9 Å². The van der Waals surface area contributed by atoms with Crippen molar-refractivity contribution in [2.45, 2.75) is 26.4 Å². The highest BCUT2D eigenvalue weighted by Gasteiger charge is 2.22. The minimum Gasteiger partial charge on any atom is -0.468 e. The second-order valence-electron chi connectivity index (χ2n) is 4.34. The van der Waals surface area contributed by atoms with Gasteiger partial charge in [-0.1, -0.05) is 49.2 Å². The van der Waals surface area contributed by atoms with Crippen molar-refractivity contribution in [3.05, 3.63) is 33.8 Å². The molecule has 5 heteroatoms. The SMILES string of the molecule is COC(=O)[C@H](NCc1cccc(Cl)c1Cl)C(C)C. The van der Waals surface area contributed by atoms with Gasteiger partial charge >= 0.3 is 5.97 Å². The van der Waals surface area contributed by atoms with Crippen molar-refractivity contribution in [3.8, 4) is 0 Å². The van der Waals surface area contributed by atoms with Crippen LogP contribution in [0.1, 0.15) is 19.4 Å². The van der Waals surface area contributed by atoms with Gasteiger partial charge in [0.15, 0.2) is 0 Å². The van der Waals surface area contributed by atoms with E-state index in [1.807, 2.05) is 26.0 Å². The fourth-order valence-electron chi connectivity index (χ4n) is 1.62. The number of halogens is 2. The lowest BCUT2D eigenvalue weighted by atomic mass is 10.0. The van der Waals surface area contributed by atoms with E-state index in [1.165, 1.54) is 7.11 Å². The molecule has 1 rings (SSSR count). The highest BCUT2D eigenvalue weighted by molar-refractivity contribution is 6.42. The standard InChI is InChI=1S/C13H17Cl2NO2/c1-8(2)12(13(17)18-3)16-7-9-5-4-6-10(14)11(9)15/h4-6,8,12,16H,7H2,1-3H3/t12-/m1/s1. The molecule has 0 bridgehead atoms. The van der Waals surface area contributed by atoms with E-state index >= 15 is 0 Å². The van der Waals surface area contributed by atoms with Crippen LogP contribution in [0.5, 0.6) is 0 Å². The second kappa shape index (κ2) is 6.98. The average Bonchev–Trinajstić information content (AvgIpc) is 2.33. The highest BCUT2D eigenvalue weighted by Crippen LogP contribution is 2.25. The Morgan fingerprint density at radius 2 is 2.06 bits per heavy atom. The number of benzene rings is 1. The molecule has 1 aromatic rings. The zero-order valence-corrected chi connectivity index (χ0v) is 12.2. The molecule has 0 aliphatic rings. The molecule has 1 N–H and O–H groups in total. The largest absolute Gasteiger partial charge is 0.468 e. The Bertz CT molecular complexity index is 421. The van der Waals surface area contributed by atoms with Crippen LogP contribution in [0, 0.1) is 5.92 Å². The van der Waals surface area contributed by atoms with Crippen LogP contribution < -0.4 is 5.32 Å². The zero-order valence-electron chi connectivity index (χ0n) is 10.7. The van der Waals surface area contributed by atoms with Gasteiger partial charge in [0.1, 0.15) is 6.04 Å². The van der Waals surface area contributed by atoms with Gasteiger partial charge in [-0.2, -0.15) is 0 Å². The molecule has 0 heterocycles. The molecule has 0 spiro atoms. The van der Waals surface area contributed by atoms with Crippen molar-refractivity contribution in [1.29, 1.82) is 0 Å². The third-order valence-electron chi connectivity index (χ3n) is 2.67. The predicted octanol–water partition coefficient (Wildman–Crippen LogP) is 3.28. The van der Waals surface area contributed by atoms with Crippen molar-refractivity contribution >= 4 is 29.2 Å². The third kappa shape index (κ3) is 3.87. The van der Waals surface area contributed by atoms with E-state index in [2.05, 4.69) is 5.32 Å². The number of nitrogens with one attached hydrogen (secondary N) is 1. The quantitative estimate of drug-likeness (QED) is 0.846. The van der Waals surface area contributed by atoms with Crippen molar-refractivity contribution in [1.82, 2.24) is 5.32 Å². The van der Waals surface area contributed by atoms with Crippen LogP contribution in [0.4, 0.5) is 0 Å². The van der Waals surface area contributed by atoms with Crippen LogP contribution in [0.15, 0.2) is 18.2 Å². The van der Waals surface area contributed by atoms with Crippen molar-refractivity contribution < 1.29 is 9.53 Å². The van der Waals surface area contributed by atoms with Gasteiger partial charge in [0, 0.05) is 6.54 Å². The lowest BCUT2D eigenvalue weighted by Gasteiger charge is -2.20. The van der Waals surface area contributed by atoms with E-state index in [0.717, 1.165) is 5.56 Å². The first-order valence-corrected chi connectivity index (χ1v) is 6.47. The van der Waals surface area contributed by atoms with Gasteiger partial charge in [-0.25, -0.2) is 0 Å². The molecular weight excluding hydrogens is 273 g/mol. The molecule has 100 valence electrons. The van der Waals surface area contributed by atoms with Gasteiger partial charge in [0.25, 0.3) is 0 Å². The summed E-state index contributed by atoms with van der Waals surface area (Å²) >= 11 is 12.0. The Labute approximate surface area is 117 Å². The van der Waals surface area contributed by atoms with Crippen LogP contribution in [-0.2, 0) is 16.1 Å². The van der Waals surface area contributed by atoms with E-state index in [9.17, 15) is 4.79 Å². The second-order valence-corrected chi connectivity index (χ2v) is 5.12. The minimum absolute atomic E-state index is 0.135. The minimum atomic E-state index is -0.356. The Kier molecular flexibility index (Phi) is 5.93. The monoisotopic (exact) mass is 289 g/mol.